The van der Waals surface area contributed by atoms with E-state index in [1.54, 1.807) is 6.07 Å². The Balaban J connectivity index is 2.21. The van der Waals surface area contributed by atoms with Crippen molar-refractivity contribution in [2.75, 3.05) is 0 Å². The minimum atomic E-state index is -0.533. The second kappa shape index (κ2) is 5.49. The van der Waals surface area contributed by atoms with Gasteiger partial charge in [0.2, 0.25) is 0 Å². The molecule has 0 fully saturated rings. The van der Waals surface area contributed by atoms with Crippen LogP contribution in [0, 0.1) is 0 Å². The van der Waals surface area contributed by atoms with Crippen LogP contribution in [0.15, 0.2) is 38.5 Å². The molecule has 0 aliphatic heterocycles. The van der Waals surface area contributed by atoms with E-state index in [0.717, 1.165) is 5.56 Å². The van der Waals surface area contributed by atoms with Gasteiger partial charge < -0.3 is 0 Å². The van der Waals surface area contributed by atoms with Gasteiger partial charge in [0.05, 0.1) is 6.54 Å². The monoisotopic (exact) mass is 329 g/mol. The lowest BCUT2D eigenvalue weighted by Gasteiger charge is -2.05. The maximum Gasteiger partial charge on any atom is 0.344 e. The lowest BCUT2D eigenvalue weighted by molar-refractivity contribution is 0.548. The molecule has 0 unspecified atom stereocenters. The van der Waals surface area contributed by atoms with Gasteiger partial charge in [-0.3, -0.25) is 9.78 Å². The first-order valence-corrected chi connectivity index (χ1v) is 6.35. The lowest BCUT2D eigenvalue weighted by atomic mass is 10.1. The summed E-state index contributed by atoms with van der Waals surface area (Å²) >= 11 is 8.99. The van der Waals surface area contributed by atoms with E-state index in [1.165, 1.54) is 4.68 Å². The standard InChI is InChI=1S/C11H9BrClN3O2/c12-9-10(17)14-11(18)16(15-9)6-5-7-3-1-2-4-8(7)13/h1-4H,5-6H2,(H,14,17,18). The van der Waals surface area contributed by atoms with Crippen LogP contribution in [-0.2, 0) is 13.0 Å². The van der Waals surface area contributed by atoms with Gasteiger partial charge in [-0.1, -0.05) is 29.8 Å². The molecule has 0 spiro atoms. The Kier molecular flexibility index (Phi) is 3.98. The van der Waals surface area contributed by atoms with Gasteiger partial charge in [-0.25, -0.2) is 9.48 Å². The number of nitrogens with one attached hydrogen (secondary N) is 1. The fourth-order valence-corrected chi connectivity index (χ4v) is 2.01. The van der Waals surface area contributed by atoms with Crippen LogP contribution in [-0.4, -0.2) is 14.8 Å². The van der Waals surface area contributed by atoms with E-state index in [2.05, 4.69) is 26.0 Å². The third-order valence-corrected chi connectivity index (χ3v) is 3.29. The van der Waals surface area contributed by atoms with E-state index < -0.39 is 11.2 Å². The quantitative estimate of drug-likeness (QED) is 0.929. The van der Waals surface area contributed by atoms with Crippen molar-refractivity contribution in [1.29, 1.82) is 0 Å². The molecule has 1 N–H and O–H groups in total. The van der Waals surface area contributed by atoms with Crippen molar-refractivity contribution >= 4 is 27.5 Å². The molecule has 0 saturated heterocycles. The van der Waals surface area contributed by atoms with E-state index >= 15 is 0 Å². The van der Waals surface area contributed by atoms with Gasteiger partial charge in [0, 0.05) is 5.02 Å². The number of hydrogen-bond acceptors (Lipinski definition) is 3. The number of benzene rings is 1. The van der Waals surface area contributed by atoms with Crippen molar-refractivity contribution in [3.8, 4) is 0 Å². The van der Waals surface area contributed by atoms with E-state index in [4.69, 9.17) is 11.6 Å². The van der Waals surface area contributed by atoms with E-state index in [1.807, 2.05) is 18.2 Å². The molecule has 2 aromatic rings. The Bertz CT molecular complexity index is 680. The minimum absolute atomic E-state index is 0.0845. The number of aromatic nitrogens is 3. The maximum absolute atomic E-state index is 11.5. The highest BCUT2D eigenvalue weighted by atomic mass is 79.9. The predicted octanol–water partition coefficient (Wildman–Crippen LogP) is 1.59. The Hall–Kier alpha value is -1.40. The number of halogens is 2. The van der Waals surface area contributed by atoms with Crippen LogP contribution >= 0.6 is 27.5 Å². The number of aryl methyl sites for hydroxylation is 2. The summed E-state index contributed by atoms with van der Waals surface area (Å²) in [5, 5.41) is 4.50. The van der Waals surface area contributed by atoms with Gasteiger partial charge in [-0.05, 0) is 34.0 Å². The lowest BCUT2D eigenvalue weighted by Crippen LogP contribution is -2.33. The molecule has 7 heteroatoms. The summed E-state index contributed by atoms with van der Waals surface area (Å²) in [5.74, 6) is 0. The fraction of sp³-hybridized carbons (Fsp3) is 0.182. The van der Waals surface area contributed by atoms with Crippen molar-refractivity contribution in [3.63, 3.8) is 0 Å². The van der Waals surface area contributed by atoms with Gasteiger partial charge in [-0.2, -0.15) is 5.10 Å². The molecule has 0 atom stereocenters. The summed E-state index contributed by atoms with van der Waals surface area (Å²) < 4.78 is 1.27. The molecule has 2 rings (SSSR count). The number of H-pyrrole nitrogens is 1. The number of hydrogen-bond donors (Lipinski definition) is 1. The molecule has 94 valence electrons. The van der Waals surface area contributed by atoms with Crippen LogP contribution in [0.3, 0.4) is 0 Å². The molecule has 0 aliphatic carbocycles. The summed E-state index contributed by atoms with van der Waals surface area (Å²) in [4.78, 5) is 24.8. The highest BCUT2D eigenvalue weighted by Crippen LogP contribution is 2.15. The third-order valence-electron chi connectivity index (χ3n) is 2.40. The topological polar surface area (TPSA) is 67.8 Å². The molecule has 0 aliphatic rings. The predicted molar refractivity (Wildman–Crippen MR) is 72.0 cm³/mol. The number of nitrogens with zero attached hydrogens (tertiary/aromatic N) is 2. The van der Waals surface area contributed by atoms with Crippen molar-refractivity contribution in [2.24, 2.45) is 0 Å². The van der Waals surface area contributed by atoms with Crippen LogP contribution in [0.25, 0.3) is 0 Å². The van der Waals surface area contributed by atoms with Gasteiger partial charge in [0.25, 0.3) is 5.56 Å². The van der Waals surface area contributed by atoms with Gasteiger partial charge in [0.1, 0.15) is 0 Å². The average molecular weight is 331 g/mol. The largest absolute Gasteiger partial charge is 0.344 e. The Morgan fingerprint density at radius 1 is 1.33 bits per heavy atom. The third kappa shape index (κ3) is 2.88. The first kappa shape index (κ1) is 13.0. The Labute approximate surface area is 116 Å². The van der Waals surface area contributed by atoms with Crippen LogP contribution < -0.4 is 11.2 Å². The van der Waals surface area contributed by atoms with Gasteiger partial charge in [-0.15, -0.1) is 0 Å². The molecule has 18 heavy (non-hydrogen) atoms. The summed E-state index contributed by atoms with van der Waals surface area (Å²) in [7, 11) is 0. The first-order valence-electron chi connectivity index (χ1n) is 5.18. The molecule has 0 bridgehead atoms. The summed E-state index contributed by atoms with van der Waals surface area (Å²) in [5.41, 5.74) is -0.139. The van der Waals surface area contributed by atoms with Crippen molar-refractivity contribution < 1.29 is 0 Å². The Morgan fingerprint density at radius 3 is 2.78 bits per heavy atom. The molecular weight excluding hydrogens is 321 g/mol. The van der Waals surface area contributed by atoms with Crippen LogP contribution in [0.4, 0.5) is 0 Å². The van der Waals surface area contributed by atoms with Crippen LogP contribution in [0.1, 0.15) is 5.56 Å². The second-order valence-electron chi connectivity index (χ2n) is 3.61. The SMILES string of the molecule is O=c1[nH]c(=O)n(CCc2ccccc2Cl)nc1Br. The maximum atomic E-state index is 11.5. The Morgan fingerprint density at radius 2 is 2.06 bits per heavy atom. The van der Waals surface area contributed by atoms with Gasteiger partial charge in [0.15, 0.2) is 4.60 Å². The number of aromatic amines is 1. The van der Waals surface area contributed by atoms with Crippen LogP contribution in [0.5, 0.6) is 0 Å². The molecule has 0 saturated carbocycles. The zero-order valence-corrected chi connectivity index (χ0v) is 11.5. The normalized spacial score (nSPS) is 10.6. The molecule has 1 aromatic carbocycles. The zero-order chi connectivity index (χ0) is 13.1. The number of rotatable bonds is 3. The molecule has 0 radical (unpaired) electrons. The molecule has 0 amide bonds. The summed E-state index contributed by atoms with van der Waals surface area (Å²) in [6.45, 7) is 0.345. The summed E-state index contributed by atoms with van der Waals surface area (Å²) in [6, 6.07) is 7.39. The van der Waals surface area contributed by atoms with Crippen molar-refractivity contribution in [2.45, 2.75) is 13.0 Å². The molecular formula is C11H9BrClN3O2. The van der Waals surface area contributed by atoms with Gasteiger partial charge >= 0.3 is 5.69 Å². The first-order chi connectivity index (χ1) is 8.58. The van der Waals surface area contributed by atoms with E-state index in [9.17, 15) is 9.59 Å². The highest BCUT2D eigenvalue weighted by molar-refractivity contribution is 9.10. The minimum Gasteiger partial charge on any atom is -0.270 e. The second-order valence-corrected chi connectivity index (χ2v) is 4.77. The highest BCUT2D eigenvalue weighted by Gasteiger charge is 2.05. The molecule has 1 aromatic heterocycles. The average Bonchev–Trinajstić information content (AvgIpc) is 2.34. The molecule has 1 heterocycles. The fourth-order valence-electron chi connectivity index (χ4n) is 1.49. The van der Waals surface area contributed by atoms with E-state index in [-0.39, 0.29) is 4.60 Å². The van der Waals surface area contributed by atoms with Crippen molar-refractivity contribution in [3.05, 3.63) is 60.3 Å². The van der Waals surface area contributed by atoms with Crippen molar-refractivity contribution in [1.82, 2.24) is 14.8 Å². The summed E-state index contributed by atoms with van der Waals surface area (Å²) in [6.07, 6.45) is 0.561. The van der Waals surface area contributed by atoms with E-state index in [0.29, 0.717) is 18.0 Å². The molecule has 5 nitrogen and oxygen atoms in total. The van der Waals surface area contributed by atoms with Crippen LogP contribution in [0.2, 0.25) is 5.02 Å². The zero-order valence-electron chi connectivity index (χ0n) is 9.19. The smallest absolute Gasteiger partial charge is 0.270 e.